The number of nitrogens with one attached hydrogen (secondary N) is 1. The first kappa shape index (κ1) is 27.4. The summed E-state index contributed by atoms with van der Waals surface area (Å²) in [6.45, 7) is 3.36. The van der Waals surface area contributed by atoms with E-state index in [2.05, 4.69) is 30.0 Å². The molecule has 14 heteroatoms. The summed E-state index contributed by atoms with van der Waals surface area (Å²) in [5, 5.41) is 12.7. The Labute approximate surface area is 231 Å². The second-order valence-corrected chi connectivity index (χ2v) is 12.2. The van der Waals surface area contributed by atoms with Crippen LogP contribution in [0.2, 0.25) is 5.02 Å². The lowest BCUT2D eigenvalue weighted by Gasteiger charge is -2.38. The van der Waals surface area contributed by atoms with Gasteiger partial charge in [-0.2, -0.15) is 5.10 Å². The normalized spacial score (nSPS) is 21.6. The van der Waals surface area contributed by atoms with Crippen LogP contribution >= 0.6 is 11.6 Å². The van der Waals surface area contributed by atoms with Crippen LogP contribution in [0.3, 0.4) is 0 Å². The molecule has 0 saturated heterocycles. The van der Waals surface area contributed by atoms with Gasteiger partial charge in [-0.3, -0.25) is 9.29 Å². The molecule has 208 valence electrons. The van der Waals surface area contributed by atoms with Crippen molar-refractivity contribution in [1.29, 1.82) is 0 Å². The maximum Gasteiger partial charge on any atom is 0.239 e. The first-order valence-corrected chi connectivity index (χ1v) is 14.6. The van der Waals surface area contributed by atoms with Gasteiger partial charge < -0.3 is 9.47 Å². The van der Waals surface area contributed by atoms with Crippen molar-refractivity contribution in [1.82, 2.24) is 34.3 Å². The Morgan fingerprint density at radius 3 is 2.41 bits per heavy atom. The summed E-state index contributed by atoms with van der Waals surface area (Å²) in [5.74, 6) is 0.388. The smallest absolute Gasteiger partial charge is 0.239 e. The number of aromatic nitrogens is 7. The third-order valence-electron chi connectivity index (χ3n) is 7.48. The van der Waals surface area contributed by atoms with Crippen LogP contribution < -0.4 is 4.72 Å². The van der Waals surface area contributed by atoms with Crippen LogP contribution in [0.15, 0.2) is 43.0 Å². The number of rotatable bonds is 9. The van der Waals surface area contributed by atoms with Crippen LogP contribution in [0.5, 0.6) is 0 Å². The molecule has 5 atom stereocenters. The number of pyridine rings is 1. The van der Waals surface area contributed by atoms with Gasteiger partial charge >= 0.3 is 0 Å². The molecule has 39 heavy (non-hydrogen) atoms. The molecule has 4 aromatic heterocycles. The SMILES string of the molecule is CO[C@H]1CCC[C@@H](OC)[C@@H]1n1c(NS(=O)(=O)[C@@H](C)[C@H](C)c2ncc(Cl)cn2)nnc1-c1cnn2ccccc12. The van der Waals surface area contributed by atoms with Crippen molar-refractivity contribution in [3.8, 4) is 11.4 Å². The molecule has 4 heterocycles. The summed E-state index contributed by atoms with van der Waals surface area (Å²) < 4.78 is 45.3. The van der Waals surface area contributed by atoms with E-state index in [0.717, 1.165) is 24.8 Å². The van der Waals surface area contributed by atoms with E-state index in [0.29, 0.717) is 22.2 Å². The Kier molecular flexibility index (Phi) is 7.85. The molecule has 1 aliphatic carbocycles. The van der Waals surface area contributed by atoms with Crippen LogP contribution in [0.4, 0.5) is 5.95 Å². The number of halogens is 1. The maximum atomic E-state index is 13.7. The van der Waals surface area contributed by atoms with Gasteiger partial charge in [0.05, 0.1) is 45.8 Å². The molecule has 0 bridgehead atoms. The van der Waals surface area contributed by atoms with Gasteiger partial charge in [-0.05, 0) is 38.3 Å². The molecule has 1 aliphatic rings. The summed E-state index contributed by atoms with van der Waals surface area (Å²) in [6.07, 6.45) is 8.41. The topological polar surface area (TPSA) is 138 Å². The van der Waals surface area contributed by atoms with Gasteiger partial charge in [0.25, 0.3) is 0 Å². The number of anilines is 1. The number of methoxy groups -OCH3 is 2. The van der Waals surface area contributed by atoms with E-state index < -0.39 is 21.2 Å². The monoisotopic (exact) mass is 574 g/mol. The standard InChI is InChI=1S/C25H31ClN8O4S/c1-15(23-27-12-17(26)13-28-23)16(2)39(35,36)32-25-31-30-24(18-14-29-33-11-6-5-8-19(18)33)34(25)22-20(37-3)9-7-10-21(22)38-4/h5-6,8,11-16,20-22H,7,9-10H2,1-4H3,(H,31,32)/t15-,16-,20-,21+,22+/m0/s1. The van der Waals surface area contributed by atoms with Crippen molar-refractivity contribution in [3.05, 3.63) is 53.8 Å². The molecule has 1 saturated carbocycles. The van der Waals surface area contributed by atoms with E-state index in [-0.39, 0.29) is 24.2 Å². The number of sulfonamides is 1. The van der Waals surface area contributed by atoms with Crippen LogP contribution in [0, 0.1) is 0 Å². The van der Waals surface area contributed by atoms with Gasteiger partial charge in [0.15, 0.2) is 5.82 Å². The summed E-state index contributed by atoms with van der Waals surface area (Å²) >= 11 is 5.91. The highest BCUT2D eigenvalue weighted by molar-refractivity contribution is 7.93. The quantitative estimate of drug-likeness (QED) is 0.317. The van der Waals surface area contributed by atoms with Crippen molar-refractivity contribution in [2.45, 2.75) is 62.5 Å². The third-order valence-corrected chi connectivity index (χ3v) is 9.53. The minimum absolute atomic E-state index is 0.0763. The number of fused-ring (bicyclic) bond motifs is 1. The molecule has 1 N–H and O–H groups in total. The van der Waals surface area contributed by atoms with E-state index in [1.165, 1.54) is 12.4 Å². The lowest BCUT2D eigenvalue weighted by Crippen LogP contribution is -2.41. The lowest BCUT2D eigenvalue weighted by molar-refractivity contribution is -0.0547. The average molecular weight is 575 g/mol. The molecular formula is C25H31ClN8O4S. The Morgan fingerprint density at radius 1 is 1.05 bits per heavy atom. The predicted molar refractivity (Wildman–Crippen MR) is 146 cm³/mol. The number of ether oxygens (including phenoxy) is 2. The summed E-state index contributed by atoms with van der Waals surface area (Å²) in [6, 6.07) is 5.32. The largest absolute Gasteiger partial charge is 0.379 e. The molecule has 5 rings (SSSR count). The molecule has 12 nitrogen and oxygen atoms in total. The fourth-order valence-corrected chi connectivity index (χ4v) is 6.47. The Bertz CT molecular complexity index is 1530. The van der Waals surface area contributed by atoms with Gasteiger partial charge in [-0.15, -0.1) is 10.2 Å². The van der Waals surface area contributed by atoms with E-state index >= 15 is 0 Å². The third kappa shape index (κ3) is 5.23. The minimum atomic E-state index is -3.97. The number of nitrogens with zero attached hydrogens (tertiary/aromatic N) is 7. The van der Waals surface area contributed by atoms with Gasteiger partial charge in [0.2, 0.25) is 16.0 Å². The number of hydrogen-bond acceptors (Lipinski definition) is 9. The van der Waals surface area contributed by atoms with Crippen molar-refractivity contribution in [3.63, 3.8) is 0 Å². The van der Waals surface area contributed by atoms with Gasteiger partial charge in [0, 0.05) is 38.7 Å². The zero-order chi connectivity index (χ0) is 27.7. The highest BCUT2D eigenvalue weighted by atomic mass is 35.5. The minimum Gasteiger partial charge on any atom is -0.379 e. The first-order valence-electron chi connectivity index (χ1n) is 12.7. The molecule has 1 fully saturated rings. The first-order chi connectivity index (χ1) is 18.7. The van der Waals surface area contributed by atoms with Gasteiger partial charge in [-0.1, -0.05) is 24.6 Å². The fourth-order valence-electron chi connectivity index (χ4n) is 5.14. The molecule has 0 aromatic carbocycles. The van der Waals surface area contributed by atoms with E-state index in [1.807, 2.05) is 24.4 Å². The molecule has 4 aromatic rings. The summed E-state index contributed by atoms with van der Waals surface area (Å²) in [7, 11) is -0.672. The van der Waals surface area contributed by atoms with Crippen molar-refractivity contribution in [2.24, 2.45) is 0 Å². The zero-order valence-electron chi connectivity index (χ0n) is 22.1. The van der Waals surface area contributed by atoms with Crippen LogP contribution in [0.1, 0.15) is 50.9 Å². The Balaban J connectivity index is 1.59. The molecule has 0 radical (unpaired) electrons. The second-order valence-electron chi connectivity index (χ2n) is 9.68. The molecule has 0 aliphatic heterocycles. The highest BCUT2D eigenvalue weighted by Gasteiger charge is 2.40. The van der Waals surface area contributed by atoms with Crippen LogP contribution in [0.25, 0.3) is 16.9 Å². The lowest BCUT2D eigenvalue weighted by atomic mass is 9.89. The number of hydrogen-bond donors (Lipinski definition) is 1. The molecular weight excluding hydrogens is 544 g/mol. The summed E-state index contributed by atoms with van der Waals surface area (Å²) in [5.41, 5.74) is 1.51. The van der Waals surface area contributed by atoms with Crippen LogP contribution in [-0.2, 0) is 19.5 Å². The van der Waals surface area contributed by atoms with Gasteiger partial charge in [0.1, 0.15) is 5.82 Å². The second kappa shape index (κ2) is 11.2. The van der Waals surface area contributed by atoms with E-state index in [4.69, 9.17) is 21.1 Å². The predicted octanol–water partition coefficient (Wildman–Crippen LogP) is 3.73. The average Bonchev–Trinajstić information content (AvgIpc) is 3.55. The van der Waals surface area contributed by atoms with Crippen LogP contribution in [-0.4, -0.2) is 74.4 Å². The van der Waals surface area contributed by atoms with Crippen molar-refractivity contribution >= 4 is 33.1 Å². The Hall–Kier alpha value is -3.13. The molecule has 0 unspecified atom stereocenters. The maximum absolute atomic E-state index is 13.7. The molecule has 0 spiro atoms. The zero-order valence-corrected chi connectivity index (χ0v) is 23.7. The van der Waals surface area contributed by atoms with Gasteiger partial charge in [-0.25, -0.2) is 22.9 Å². The van der Waals surface area contributed by atoms with E-state index in [9.17, 15) is 8.42 Å². The fraction of sp³-hybridized carbons (Fsp3) is 0.480. The van der Waals surface area contributed by atoms with E-state index in [1.54, 1.807) is 43.3 Å². The molecule has 0 amide bonds. The highest BCUT2D eigenvalue weighted by Crippen LogP contribution is 2.39. The summed E-state index contributed by atoms with van der Waals surface area (Å²) in [4.78, 5) is 8.42. The Morgan fingerprint density at radius 2 is 1.74 bits per heavy atom. The van der Waals surface area contributed by atoms with Crippen molar-refractivity contribution in [2.75, 3.05) is 18.9 Å². The van der Waals surface area contributed by atoms with Crippen molar-refractivity contribution < 1.29 is 17.9 Å².